The molecule has 196 valence electrons. The molecule has 2 heterocycles. The van der Waals surface area contributed by atoms with Gasteiger partial charge >= 0.3 is 0 Å². The topological polar surface area (TPSA) is 73.8 Å². The number of amidine groups is 1. The predicted molar refractivity (Wildman–Crippen MR) is 141 cm³/mol. The maximum absolute atomic E-state index is 12.9. The molecule has 4 rings (SSSR count). The highest BCUT2D eigenvalue weighted by atomic mass is 32.2. The second kappa shape index (κ2) is 11.9. The zero-order valence-electron chi connectivity index (χ0n) is 21.1. The van der Waals surface area contributed by atoms with Gasteiger partial charge in [-0.05, 0) is 87.1 Å². The molecule has 36 heavy (non-hydrogen) atoms. The van der Waals surface area contributed by atoms with Crippen molar-refractivity contribution in [3.05, 3.63) is 41.5 Å². The average Bonchev–Trinajstić information content (AvgIpc) is 3.16. The summed E-state index contributed by atoms with van der Waals surface area (Å²) in [4.78, 5) is 29.1. The molecule has 2 N–H and O–H groups in total. The Labute approximate surface area is 216 Å². The molecule has 0 aromatic heterocycles. The van der Waals surface area contributed by atoms with Crippen molar-refractivity contribution in [3.8, 4) is 0 Å². The van der Waals surface area contributed by atoms with Crippen LogP contribution >= 0.6 is 11.9 Å². The summed E-state index contributed by atoms with van der Waals surface area (Å²) in [5.41, 5.74) is 2.62. The third-order valence-electron chi connectivity index (χ3n) is 7.54. The molecule has 1 aromatic carbocycles. The molecule has 0 bridgehead atoms. The number of aliphatic imine (C=N–C) groups is 1. The van der Waals surface area contributed by atoms with Crippen LogP contribution in [-0.4, -0.2) is 52.8 Å². The van der Waals surface area contributed by atoms with Gasteiger partial charge in [-0.1, -0.05) is 24.1 Å². The van der Waals surface area contributed by atoms with Crippen molar-refractivity contribution in [1.82, 2.24) is 9.62 Å². The molecule has 2 aliphatic heterocycles. The van der Waals surface area contributed by atoms with E-state index in [1.807, 2.05) is 24.1 Å². The van der Waals surface area contributed by atoms with Crippen LogP contribution in [0, 0.1) is 18.8 Å². The summed E-state index contributed by atoms with van der Waals surface area (Å²) in [5, 5.41) is 5.89. The Bertz CT molecular complexity index is 1010. The van der Waals surface area contributed by atoms with Crippen LogP contribution in [0.1, 0.15) is 56.6 Å². The highest BCUT2D eigenvalue weighted by molar-refractivity contribution is 7.97. The van der Waals surface area contributed by atoms with E-state index in [2.05, 4.69) is 27.9 Å². The number of nitrogens with one attached hydrogen (secondary N) is 2. The summed E-state index contributed by atoms with van der Waals surface area (Å²) in [5.74, 6) is 2.14. The summed E-state index contributed by atoms with van der Waals surface area (Å²) < 4.78 is 27.2. The van der Waals surface area contributed by atoms with E-state index in [1.165, 1.54) is 18.1 Å². The molecule has 1 aromatic rings. The first-order valence-electron chi connectivity index (χ1n) is 12.9. The van der Waals surface area contributed by atoms with Crippen molar-refractivity contribution in [2.24, 2.45) is 16.8 Å². The smallest absolute Gasteiger partial charge is 0.257 e. The lowest BCUT2D eigenvalue weighted by atomic mass is 9.81. The monoisotopic (exact) mass is 518 g/mol. The summed E-state index contributed by atoms with van der Waals surface area (Å²) in [6.07, 6.45) is 6.08. The summed E-state index contributed by atoms with van der Waals surface area (Å²) >= 11 is 1.82. The number of rotatable bonds is 8. The average molecular weight is 519 g/mol. The van der Waals surface area contributed by atoms with Crippen molar-refractivity contribution < 1.29 is 18.4 Å². The number of amides is 2. The van der Waals surface area contributed by atoms with Crippen LogP contribution in [0.5, 0.6) is 0 Å². The van der Waals surface area contributed by atoms with Crippen LogP contribution in [0.4, 0.5) is 14.5 Å². The molecule has 0 radical (unpaired) electrons. The van der Waals surface area contributed by atoms with Crippen molar-refractivity contribution in [3.63, 3.8) is 0 Å². The normalized spacial score (nSPS) is 24.4. The minimum atomic E-state index is -2.39. The van der Waals surface area contributed by atoms with Gasteiger partial charge in [0.1, 0.15) is 11.4 Å². The molecule has 0 unspecified atom stereocenters. The SMILES string of the molecule is CC(=O)Nc1ccc(CCSN2CCC3(CC2)N=C(C2CCC(/C=C/C(F)F)CC2)NC3=O)c(C)c1. The number of alkyl halides is 2. The molecule has 1 saturated heterocycles. The molecule has 1 aliphatic carbocycles. The predicted octanol–water partition coefficient (Wildman–Crippen LogP) is 5.13. The lowest BCUT2D eigenvalue weighted by molar-refractivity contribution is -0.125. The number of aryl methyl sites for hydroxylation is 2. The van der Waals surface area contributed by atoms with E-state index < -0.39 is 12.0 Å². The number of benzene rings is 1. The van der Waals surface area contributed by atoms with Crippen LogP contribution < -0.4 is 10.6 Å². The van der Waals surface area contributed by atoms with Crippen LogP contribution in [0.2, 0.25) is 0 Å². The molecule has 2 fully saturated rings. The maximum atomic E-state index is 12.9. The highest BCUT2D eigenvalue weighted by Gasteiger charge is 2.47. The number of anilines is 1. The van der Waals surface area contributed by atoms with Crippen molar-refractivity contribution in [1.29, 1.82) is 0 Å². The fourth-order valence-electron chi connectivity index (χ4n) is 5.43. The number of carbonyl (C=O) groups excluding carboxylic acids is 2. The minimum absolute atomic E-state index is 0.0248. The van der Waals surface area contributed by atoms with E-state index in [9.17, 15) is 18.4 Å². The number of hydrogen-bond donors (Lipinski definition) is 2. The number of hydrogen-bond acceptors (Lipinski definition) is 5. The van der Waals surface area contributed by atoms with E-state index >= 15 is 0 Å². The largest absolute Gasteiger partial charge is 0.326 e. The fourth-order valence-corrected chi connectivity index (χ4v) is 6.44. The summed E-state index contributed by atoms with van der Waals surface area (Å²) in [6, 6.07) is 6.03. The van der Waals surface area contributed by atoms with Crippen LogP contribution in [0.3, 0.4) is 0 Å². The minimum Gasteiger partial charge on any atom is -0.326 e. The number of nitrogens with zero attached hydrogens (tertiary/aromatic N) is 2. The zero-order chi connectivity index (χ0) is 25.7. The van der Waals surface area contributed by atoms with Gasteiger partial charge in [0.05, 0.1) is 0 Å². The van der Waals surface area contributed by atoms with Gasteiger partial charge in [-0.15, -0.1) is 0 Å². The van der Waals surface area contributed by atoms with E-state index in [4.69, 9.17) is 4.99 Å². The Kier molecular flexibility index (Phi) is 8.83. The van der Waals surface area contributed by atoms with Crippen LogP contribution in [-0.2, 0) is 16.0 Å². The Morgan fingerprint density at radius 1 is 1.28 bits per heavy atom. The Hall–Kier alpha value is -2.26. The lowest BCUT2D eigenvalue weighted by Crippen LogP contribution is -2.47. The molecule has 6 nitrogen and oxygen atoms in total. The second-order valence-corrected chi connectivity index (χ2v) is 11.3. The molecule has 2 amide bonds. The number of piperidine rings is 1. The van der Waals surface area contributed by atoms with Gasteiger partial charge in [-0.25, -0.2) is 8.78 Å². The van der Waals surface area contributed by atoms with E-state index in [0.29, 0.717) is 12.8 Å². The highest BCUT2D eigenvalue weighted by Crippen LogP contribution is 2.37. The van der Waals surface area contributed by atoms with Gasteiger partial charge in [0.2, 0.25) is 5.91 Å². The first-order chi connectivity index (χ1) is 17.2. The Balaban J connectivity index is 1.23. The second-order valence-electron chi connectivity index (χ2n) is 10.1. The van der Waals surface area contributed by atoms with Gasteiger partial charge in [-0.3, -0.25) is 18.9 Å². The summed E-state index contributed by atoms with van der Waals surface area (Å²) in [7, 11) is 0. The van der Waals surface area contributed by atoms with Crippen LogP contribution in [0.15, 0.2) is 35.3 Å². The third-order valence-corrected chi connectivity index (χ3v) is 8.66. The van der Waals surface area contributed by atoms with E-state index in [1.54, 1.807) is 6.08 Å². The van der Waals surface area contributed by atoms with Gasteiger partial charge in [0, 0.05) is 37.4 Å². The quantitative estimate of drug-likeness (QED) is 0.369. The molecule has 1 saturated carbocycles. The van der Waals surface area contributed by atoms with Gasteiger partial charge in [0.15, 0.2) is 0 Å². The third kappa shape index (κ3) is 6.73. The van der Waals surface area contributed by atoms with Gasteiger partial charge in [-0.2, -0.15) is 0 Å². The number of halogens is 2. The zero-order valence-corrected chi connectivity index (χ0v) is 21.9. The standard InChI is InChI=1S/C27H36F2N4O2S/c1-18-17-23(30-19(2)34)9-8-21(18)11-16-36-33-14-12-27(13-15-33)26(35)31-25(32-27)22-6-3-20(4-7-22)5-10-24(28)29/h5,8-10,17,20,22,24H,3-4,6-7,11-16H2,1-2H3,(H,30,34)(H,31,32,35)/b10-5+. The summed E-state index contributed by atoms with van der Waals surface area (Å²) in [6.45, 7) is 5.21. The fraction of sp³-hybridized carbons (Fsp3) is 0.593. The first kappa shape index (κ1) is 26.8. The number of carbonyl (C=O) groups is 2. The lowest BCUT2D eigenvalue weighted by Gasteiger charge is -2.34. The molecular formula is C27H36F2N4O2S. The molecule has 3 aliphatic rings. The van der Waals surface area contributed by atoms with Crippen molar-refractivity contribution in [2.45, 2.75) is 70.8 Å². The molecule has 9 heteroatoms. The molecular weight excluding hydrogens is 482 g/mol. The van der Waals surface area contributed by atoms with Crippen molar-refractivity contribution >= 4 is 35.3 Å². The van der Waals surface area contributed by atoms with Crippen molar-refractivity contribution in [2.75, 3.05) is 24.2 Å². The number of allylic oxidation sites excluding steroid dienone is 2. The van der Waals surface area contributed by atoms with E-state index in [-0.39, 0.29) is 23.7 Å². The Morgan fingerprint density at radius 3 is 2.64 bits per heavy atom. The van der Waals surface area contributed by atoms with Gasteiger partial charge in [0.25, 0.3) is 12.3 Å². The Morgan fingerprint density at radius 2 is 2.00 bits per heavy atom. The first-order valence-corrected chi connectivity index (χ1v) is 13.8. The molecule has 1 spiro atoms. The van der Waals surface area contributed by atoms with Gasteiger partial charge < -0.3 is 10.6 Å². The maximum Gasteiger partial charge on any atom is 0.257 e. The van der Waals surface area contributed by atoms with E-state index in [0.717, 1.165) is 68.5 Å². The van der Waals surface area contributed by atoms with Crippen LogP contribution in [0.25, 0.3) is 0 Å². The molecule has 0 atom stereocenters.